The van der Waals surface area contributed by atoms with Crippen LogP contribution in [0.3, 0.4) is 0 Å². The van der Waals surface area contributed by atoms with Gasteiger partial charge in [-0.2, -0.15) is 0 Å². The fourth-order valence-corrected chi connectivity index (χ4v) is 5.18. The molecule has 0 aromatic rings. The summed E-state index contributed by atoms with van der Waals surface area (Å²) in [5.41, 5.74) is 0.303. The SMILES string of the molecule is CCCOC(=O)C1=C(S[C@H]2CNC(=O)C2)[C@H](C)[C@@H]2[C@@H]([C@@H](C)O)C(=O)N12. The number of amides is 2. The van der Waals surface area contributed by atoms with Gasteiger partial charge in [-0.1, -0.05) is 13.8 Å². The number of nitrogens with one attached hydrogen (secondary N) is 1. The van der Waals surface area contributed by atoms with Crippen molar-refractivity contribution in [3.63, 3.8) is 0 Å². The van der Waals surface area contributed by atoms with Crippen LogP contribution in [0.1, 0.15) is 33.6 Å². The number of fused-ring (bicyclic) bond motifs is 1. The standard InChI is InChI=1S/C17H24N2O5S/c1-4-5-24-17(23)14-15(25-10-6-11(21)18-7-10)8(2)13-12(9(3)20)16(22)19(13)14/h8-10,12-13,20H,4-7H2,1-3H3,(H,18,21)/t8-,9-,10-,12-,13-/m1/s1. The molecule has 0 aromatic carbocycles. The first kappa shape index (κ1) is 18.3. The van der Waals surface area contributed by atoms with Crippen molar-refractivity contribution in [2.75, 3.05) is 13.2 Å². The lowest BCUT2D eigenvalue weighted by Gasteiger charge is -2.46. The summed E-state index contributed by atoms with van der Waals surface area (Å²) >= 11 is 1.48. The first-order valence-corrected chi connectivity index (χ1v) is 9.60. The monoisotopic (exact) mass is 368 g/mol. The predicted molar refractivity (Wildman–Crippen MR) is 92.3 cm³/mol. The van der Waals surface area contributed by atoms with E-state index in [0.717, 1.165) is 4.91 Å². The van der Waals surface area contributed by atoms with Crippen molar-refractivity contribution in [1.29, 1.82) is 0 Å². The van der Waals surface area contributed by atoms with Crippen LogP contribution in [0.15, 0.2) is 10.6 Å². The maximum atomic E-state index is 12.6. The minimum atomic E-state index is -0.761. The zero-order valence-electron chi connectivity index (χ0n) is 14.7. The Balaban J connectivity index is 1.88. The Labute approximate surface area is 151 Å². The molecule has 2 fully saturated rings. The second-order valence-electron chi connectivity index (χ2n) is 6.85. The normalized spacial score (nSPS) is 32.4. The first-order valence-electron chi connectivity index (χ1n) is 8.72. The summed E-state index contributed by atoms with van der Waals surface area (Å²) in [5.74, 6) is -1.28. The third-order valence-corrected chi connectivity index (χ3v) is 6.46. The number of nitrogens with zero attached hydrogens (tertiary/aromatic N) is 1. The van der Waals surface area contributed by atoms with E-state index in [2.05, 4.69) is 5.32 Å². The van der Waals surface area contributed by atoms with Crippen LogP contribution >= 0.6 is 11.8 Å². The van der Waals surface area contributed by atoms with Gasteiger partial charge in [0.2, 0.25) is 11.8 Å². The number of aliphatic hydroxyl groups excluding tert-OH is 1. The molecular formula is C17H24N2O5S. The predicted octanol–water partition coefficient (Wildman–Crippen LogP) is 0.630. The molecule has 0 bridgehead atoms. The van der Waals surface area contributed by atoms with Gasteiger partial charge in [0, 0.05) is 29.0 Å². The second kappa shape index (κ2) is 6.99. The maximum absolute atomic E-state index is 12.6. The molecule has 0 aromatic heterocycles. The number of β-lactam (4-membered cyclic amide) rings is 1. The Morgan fingerprint density at radius 2 is 2.20 bits per heavy atom. The lowest BCUT2D eigenvalue weighted by molar-refractivity contribution is -0.164. The van der Waals surface area contributed by atoms with E-state index in [1.807, 2.05) is 13.8 Å². The van der Waals surface area contributed by atoms with E-state index in [4.69, 9.17) is 4.74 Å². The van der Waals surface area contributed by atoms with E-state index < -0.39 is 18.0 Å². The van der Waals surface area contributed by atoms with Crippen LogP contribution in [-0.4, -0.2) is 58.3 Å². The molecule has 0 unspecified atom stereocenters. The highest BCUT2D eigenvalue weighted by molar-refractivity contribution is 8.03. The van der Waals surface area contributed by atoms with Crippen LogP contribution < -0.4 is 5.32 Å². The lowest BCUT2D eigenvalue weighted by atomic mass is 9.79. The number of aliphatic hydroxyl groups is 1. The zero-order chi connectivity index (χ0) is 18.3. The summed E-state index contributed by atoms with van der Waals surface area (Å²) in [4.78, 5) is 38.8. The highest BCUT2D eigenvalue weighted by Crippen LogP contribution is 2.51. The molecule has 5 atom stereocenters. The largest absolute Gasteiger partial charge is 0.461 e. The molecule has 3 aliphatic rings. The number of carbonyl (C=O) groups excluding carboxylic acids is 3. The molecule has 0 radical (unpaired) electrons. The van der Waals surface area contributed by atoms with Gasteiger partial charge in [-0.25, -0.2) is 4.79 Å². The van der Waals surface area contributed by atoms with Crippen LogP contribution in [0.4, 0.5) is 0 Å². The van der Waals surface area contributed by atoms with Crippen molar-refractivity contribution in [1.82, 2.24) is 10.2 Å². The van der Waals surface area contributed by atoms with E-state index in [0.29, 0.717) is 31.7 Å². The Morgan fingerprint density at radius 3 is 2.76 bits per heavy atom. The minimum absolute atomic E-state index is 0.0000657. The van der Waals surface area contributed by atoms with Crippen molar-refractivity contribution in [3.05, 3.63) is 10.6 Å². The van der Waals surface area contributed by atoms with Crippen molar-refractivity contribution >= 4 is 29.5 Å². The van der Waals surface area contributed by atoms with Crippen molar-refractivity contribution in [3.8, 4) is 0 Å². The Hall–Kier alpha value is -1.54. The molecule has 3 aliphatic heterocycles. The van der Waals surface area contributed by atoms with E-state index in [1.165, 1.54) is 16.7 Å². The van der Waals surface area contributed by atoms with Crippen molar-refractivity contribution in [2.24, 2.45) is 11.8 Å². The maximum Gasteiger partial charge on any atom is 0.355 e. The van der Waals surface area contributed by atoms with Gasteiger partial charge in [-0.05, 0) is 13.3 Å². The molecule has 2 saturated heterocycles. The number of carbonyl (C=O) groups is 3. The molecular weight excluding hydrogens is 344 g/mol. The molecule has 25 heavy (non-hydrogen) atoms. The smallest absolute Gasteiger partial charge is 0.355 e. The van der Waals surface area contributed by atoms with Crippen LogP contribution in [0.25, 0.3) is 0 Å². The van der Waals surface area contributed by atoms with Crippen LogP contribution in [0.5, 0.6) is 0 Å². The van der Waals surface area contributed by atoms with Gasteiger partial charge in [-0.3, -0.25) is 9.59 Å². The fourth-order valence-electron chi connectivity index (χ4n) is 3.77. The van der Waals surface area contributed by atoms with Gasteiger partial charge in [0.25, 0.3) is 0 Å². The lowest BCUT2D eigenvalue weighted by Crippen LogP contribution is -2.63. The van der Waals surface area contributed by atoms with E-state index in [9.17, 15) is 19.5 Å². The zero-order valence-corrected chi connectivity index (χ0v) is 15.5. The molecule has 0 aliphatic carbocycles. The summed E-state index contributed by atoms with van der Waals surface area (Å²) in [7, 11) is 0. The number of rotatable bonds is 6. The molecule has 0 spiro atoms. The number of esters is 1. The second-order valence-corrected chi connectivity index (χ2v) is 8.19. The van der Waals surface area contributed by atoms with E-state index in [-0.39, 0.29) is 29.0 Å². The van der Waals surface area contributed by atoms with Gasteiger partial charge in [0.05, 0.1) is 24.7 Å². The quantitative estimate of drug-likeness (QED) is 0.527. The Bertz CT molecular complexity index is 633. The van der Waals surface area contributed by atoms with E-state index in [1.54, 1.807) is 6.92 Å². The molecule has 3 heterocycles. The fraction of sp³-hybridized carbons (Fsp3) is 0.706. The highest BCUT2D eigenvalue weighted by atomic mass is 32.2. The van der Waals surface area contributed by atoms with Crippen LogP contribution in [0, 0.1) is 11.8 Å². The molecule has 0 saturated carbocycles. The summed E-state index contributed by atoms with van der Waals surface area (Å²) < 4.78 is 5.29. The third kappa shape index (κ3) is 3.06. The van der Waals surface area contributed by atoms with Gasteiger partial charge in [-0.15, -0.1) is 11.8 Å². The van der Waals surface area contributed by atoms with Gasteiger partial charge in [0.15, 0.2) is 0 Å². The number of thioether (sulfide) groups is 1. The Morgan fingerprint density at radius 1 is 1.48 bits per heavy atom. The van der Waals surface area contributed by atoms with Gasteiger partial charge < -0.3 is 20.1 Å². The summed E-state index contributed by atoms with van der Waals surface area (Å²) in [5, 5.41) is 12.8. The molecule has 7 nitrogen and oxygen atoms in total. The molecule has 3 rings (SSSR count). The first-order chi connectivity index (χ1) is 11.9. The topological polar surface area (TPSA) is 95.9 Å². The molecule has 2 amide bonds. The van der Waals surface area contributed by atoms with Crippen molar-refractivity contribution < 1.29 is 24.2 Å². The summed E-state index contributed by atoms with van der Waals surface area (Å²) in [6.07, 6.45) is 0.339. The molecule has 2 N–H and O–H groups in total. The van der Waals surface area contributed by atoms with E-state index >= 15 is 0 Å². The summed E-state index contributed by atoms with van der Waals surface area (Å²) in [6.45, 7) is 6.32. The highest BCUT2D eigenvalue weighted by Gasteiger charge is 2.60. The Kier molecular flexibility index (Phi) is 5.11. The molecule has 8 heteroatoms. The van der Waals surface area contributed by atoms with Gasteiger partial charge >= 0.3 is 5.97 Å². The number of hydrogen-bond acceptors (Lipinski definition) is 6. The van der Waals surface area contributed by atoms with Crippen LogP contribution in [-0.2, 0) is 19.1 Å². The number of hydrogen-bond donors (Lipinski definition) is 2. The average molecular weight is 368 g/mol. The number of ether oxygens (including phenoxy) is 1. The van der Waals surface area contributed by atoms with Crippen molar-refractivity contribution in [2.45, 2.75) is 51.0 Å². The summed E-state index contributed by atoms with van der Waals surface area (Å²) in [6, 6.07) is -0.218. The van der Waals surface area contributed by atoms with Crippen LogP contribution in [0.2, 0.25) is 0 Å². The minimum Gasteiger partial charge on any atom is -0.461 e. The third-order valence-electron chi connectivity index (χ3n) is 4.97. The van der Waals surface area contributed by atoms with Gasteiger partial charge in [0.1, 0.15) is 5.70 Å². The molecule has 138 valence electrons. The average Bonchev–Trinajstić information content (AvgIpc) is 3.06.